The van der Waals surface area contributed by atoms with Gasteiger partial charge in [0.1, 0.15) is 12.1 Å². The molecule has 1 amide bonds. The van der Waals surface area contributed by atoms with Crippen molar-refractivity contribution < 1.29 is 23.9 Å². The van der Waals surface area contributed by atoms with Crippen molar-refractivity contribution in [3.05, 3.63) is 0 Å². The highest BCUT2D eigenvalue weighted by Crippen LogP contribution is 2.52. The maximum absolute atomic E-state index is 11.8. The number of hydrogen-bond acceptors (Lipinski definition) is 5. The van der Waals surface area contributed by atoms with Crippen LogP contribution in [0.25, 0.3) is 0 Å². The topological polar surface area (TPSA) is 72.9 Å². The summed E-state index contributed by atoms with van der Waals surface area (Å²) in [5.41, 5.74) is 0. The Bertz CT molecular complexity index is 412. The fourth-order valence-electron chi connectivity index (χ4n) is 2.85. The SMILES string of the molecule is COC(=O)[C@H]1[C@H]2[C@H](Br)[C@H]([C@H]2OC(C)=O)N1C(C)=O. The van der Waals surface area contributed by atoms with E-state index < -0.39 is 24.1 Å². The van der Waals surface area contributed by atoms with Crippen LogP contribution in [0.3, 0.4) is 0 Å². The molecule has 0 aromatic carbocycles. The summed E-state index contributed by atoms with van der Waals surface area (Å²) in [6, 6.07) is -0.966. The van der Waals surface area contributed by atoms with Gasteiger partial charge in [0.15, 0.2) is 0 Å². The molecule has 2 bridgehead atoms. The Kier molecular flexibility index (Phi) is 3.35. The van der Waals surface area contributed by atoms with E-state index in [9.17, 15) is 14.4 Å². The Labute approximate surface area is 113 Å². The monoisotopic (exact) mass is 319 g/mol. The van der Waals surface area contributed by atoms with Gasteiger partial charge in [-0.15, -0.1) is 0 Å². The lowest BCUT2D eigenvalue weighted by Crippen LogP contribution is -2.56. The van der Waals surface area contributed by atoms with Gasteiger partial charge in [0.2, 0.25) is 5.91 Å². The second-order valence-electron chi connectivity index (χ2n) is 4.48. The van der Waals surface area contributed by atoms with Crippen molar-refractivity contribution in [3.63, 3.8) is 0 Å². The van der Waals surface area contributed by atoms with Gasteiger partial charge in [-0.05, 0) is 0 Å². The normalized spacial score (nSPS) is 36.9. The summed E-state index contributed by atoms with van der Waals surface area (Å²) in [5, 5.41) is 0. The van der Waals surface area contributed by atoms with Gasteiger partial charge in [0.05, 0.1) is 13.2 Å². The fraction of sp³-hybridized carbons (Fsp3) is 0.727. The van der Waals surface area contributed by atoms with Crippen LogP contribution in [-0.4, -0.2) is 52.9 Å². The Morgan fingerprint density at radius 3 is 2.28 bits per heavy atom. The highest BCUT2D eigenvalue weighted by Gasteiger charge is 2.69. The summed E-state index contributed by atoms with van der Waals surface area (Å²) in [7, 11) is 1.28. The molecule has 2 heterocycles. The van der Waals surface area contributed by atoms with Crippen LogP contribution in [0.15, 0.2) is 0 Å². The summed E-state index contributed by atoms with van der Waals surface area (Å²) in [4.78, 5) is 35.9. The second kappa shape index (κ2) is 4.53. The average molecular weight is 320 g/mol. The molecule has 6 nitrogen and oxygen atoms in total. The fourth-order valence-corrected chi connectivity index (χ4v) is 3.99. The van der Waals surface area contributed by atoms with Gasteiger partial charge in [-0.25, -0.2) is 4.79 Å². The number of esters is 2. The molecule has 1 saturated carbocycles. The third-order valence-electron chi connectivity index (χ3n) is 3.50. The largest absolute Gasteiger partial charge is 0.467 e. The predicted molar refractivity (Wildman–Crippen MR) is 63.9 cm³/mol. The number of amides is 1. The van der Waals surface area contributed by atoms with Gasteiger partial charge >= 0.3 is 11.9 Å². The number of hydrogen-bond donors (Lipinski definition) is 0. The molecule has 7 heteroatoms. The molecule has 1 aliphatic carbocycles. The van der Waals surface area contributed by atoms with Crippen LogP contribution in [0, 0.1) is 5.92 Å². The number of carbonyl (C=O) groups is 3. The summed E-state index contributed by atoms with van der Waals surface area (Å²) in [5.74, 6) is -1.35. The van der Waals surface area contributed by atoms with Crippen molar-refractivity contribution >= 4 is 33.8 Å². The van der Waals surface area contributed by atoms with Crippen molar-refractivity contribution in [2.45, 2.75) is 36.9 Å². The number of fused-ring (bicyclic) bond motifs is 1. The van der Waals surface area contributed by atoms with Gasteiger partial charge in [0.25, 0.3) is 0 Å². The number of halogens is 1. The van der Waals surface area contributed by atoms with Gasteiger partial charge in [-0.2, -0.15) is 0 Å². The molecule has 0 N–H and O–H groups in total. The maximum atomic E-state index is 11.8. The van der Waals surface area contributed by atoms with E-state index in [1.807, 2.05) is 0 Å². The van der Waals surface area contributed by atoms with E-state index in [1.54, 1.807) is 0 Å². The first-order valence-electron chi connectivity index (χ1n) is 5.58. The third-order valence-corrected chi connectivity index (χ3v) is 4.66. The zero-order valence-corrected chi connectivity index (χ0v) is 11.8. The van der Waals surface area contributed by atoms with E-state index in [1.165, 1.54) is 25.9 Å². The minimum atomic E-state index is -0.675. The molecule has 3 rings (SSSR count). The molecule has 5 atom stereocenters. The van der Waals surface area contributed by atoms with E-state index in [-0.39, 0.29) is 22.7 Å². The summed E-state index contributed by atoms with van der Waals surface area (Å²) in [6.45, 7) is 2.70. The zero-order chi connectivity index (χ0) is 13.6. The number of carbonyl (C=O) groups excluding carboxylic acids is 3. The Morgan fingerprint density at radius 1 is 1.22 bits per heavy atom. The minimum absolute atomic E-state index is 0.0464. The van der Waals surface area contributed by atoms with E-state index in [4.69, 9.17) is 9.47 Å². The highest BCUT2D eigenvalue weighted by atomic mass is 79.9. The van der Waals surface area contributed by atoms with Crippen LogP contribution in [0.2, 0.25) is 0 Å². The Hall–Kier alpha value is -1.11. The van der Waals surface area contributed by atoms with Gasteiger partial charge in [0, 0.05) is 24.6 Å². The first-order valence-corrected chi connectivity index (χ1v) is 6.49. The number of alkyl halides is 1. The van der Waals surface area contributed by atoms with Crippen molar-refractivity contribution in [3.8, 4) is 0 Å². The molecule has 18 heavy (non-hydrogen) atoms. The van der Waals surface area contributed by atoms with E-state index in [0.717, 1.165) is 0 Å². The Morgan fingerprint density at radius 2 is 1.83 bits per heavy atom. The second-order valence-corrected chi connectivity index (χ2v) is 5.54. The molecule has 0 aromatic rings. The summed E-state index contributed by atoms with van der Waals surface area (Å²) in [6.07, 6.45) is -0.431. The first-order chi connectivity index (χ1) is 8.40. The summed E-state index contributed by atoms with van der Waals surface area (Å²) >= 11 is 3.44. The molecule has 2 aliphatic heterocycles. The molecule has 2 saturated heterocycles. The Balaban J connectivity index is 2.27. The van der Waals surface area contributed by atoms with Crippen LogP contribution >= 0.6 is 15.9 Å². The molecular formula is C11H14BrNO5. The van der Waals surface area contributed by atoms with Crippen LogP contribution in [0.5, 0.6) is 0 Å². The quantitative estimate of drug-likeness (QED) is 0.532. The molecule has 0 unspecified atom stereocenters. The van der Waals surface area contributed by atoms with E-state index >= 15 is 0 Å². The lowest BCUT2D eigenvalue weighted by molar-refractivity contribution is -0.156. The molecular weight excluding hydrogens is 306 g/mol. The zero-order valence-electron chi connectivity index (χ0n) is 10.3. The highest BCUT2D eigenvalue weighted by molar-refractivity contribution is 9.09. The van der Waals surface area contributed by atoms with Gasteiger partial charge in [-0.1, -0.05) is 15.9 Å². The maximum Gasteiger partial charge on any atom is 0.329 e. The number of nitrogens with zero attached hydrogens (tertiary/aromatic N) is 1. The van der Waals surface area contributed by atoms with Gasteiger partial charge in [-0.3, -0.25) is 9.59 Å². The van der Waals surface area contributed by atoms with Crippen LogP contribution in [0.1, 0.15) is 13.8 Å². The number of methoxy groups -OCH3 is 1. The smallest absolute Gasteiger partial charge is 0.329 e. The standard InChI is InChI=1S/C11H14BrNO5/c1-4(14)13-8(11(16)17-3)6-7(12)9(13)10(6)18-5(2)15/h6-10H,1-3H3/t6-,7+,8-,9-,10+/m1/s1. The average Bonchev–Trinajstić information content (AvgIpc) is 2.79. The van der Waals surface area contributed by atoms with Crippen LogP contribution < -0.4 is 0 Å². The molecule has 0 aromatic heterocycles. The van der Waals surface area contributed by atoms with Crippen molar-refractivity contribution in [1.82, 2.24) is 4.90 Å². The lowest BCUT2D eigenvalue weighted by Gasteiger charge is -2.39. The molecule has 0 spiro atoms. The van der Waals surface area contributed by atoms with Crippen molar-refractivity contribution in [1.29, 1.82) is 0 Å². The molecule has 0 radical (unpaired) electrons. The number of ether oxygens (including phenoxy) is 2. The lowest BCUT2D eigenvalue weighted by atomic mass is 9.79. The first kappa shape index (κ1) is 13.3. The predicted octanol–water partition coefficient (Wildman–Crippen LogP) is 0.0837. The molecule has 3 fully saturated rings. The van der Waals surface area contributed by atoms with E-state index in [2.05, 4.69) is 15.9 Å². The third kappa shape index (κ3) is 1.72. The minimum Gasteiger partial charge on any atom is -0.467 e. The molecule has 3 aliphatic rings. The van der Waals surface area contributed by atoms with E-state index in [0.29, 0.717) is 0 Å². The molecule has 100 valence electrons. The number of rotatable bonds is 2. The van der Waals surface area contributed by atoms with Crippen LogP contribution in [-0.2, 0) is 23.9 Å². The van der Waals surface area contributed by atoms with Crippen molar-refractivity contribution in [2.75, 3.05) is 7.11 Å². The summed E-state index contributed by atoms with van der Waals surface area (Å²) < 4.78 is 9.90. The van der Waals surface area contributed by atoms with Crippen molar-refractivity contribution in [2.24, 2.45) is 5.92 Å². The van der Waals surface area contributed by atoms with Gasteiger partial charge < -0.3 is 14.4 Å². The van der Waals surface area contributed by atoms with Crippen LogP contribution in [0.4, 0.5) is 0 Å².